The van der Waals surface area contributed by atoms with E-state index in [1.807, 2.05) is 12.1 Å². The highest BCUT2D eigenvalue weighted by Gasteiger charge is 2.35. The maximum atomic E-state index is 12.7. The molecule has 1 saturated heterocycles. The molecule has 0 aromatic heterocycles. The Morgan fingerprint density at radius 1 is 1.55 bits per heavy atom. The quantitative estimate of drug-likeness (QED) is 0.837. The van der Waals surface area contributed by atoms with Crippen LogP contribution in [0.15, 0.2) is 36.9 Å². The molecule has 20 heavy (non-hydrogen) atoms. The third-order valence-electron chi connectivity index (χ3n) is 3.80. The number of benzene rings is 1. The molecule has 1 heterocycles. The largest absolute Gasteiger partial charge is 0.489 e. The number of para-hydroxylation sites is 1. The van der Waals surface area contributed by atoms with Gasteiger partial charge in [0.25, 0.3) is 5.91 Å². The maximum Gasteiger partial charge on any atom is 0.257 e. The molecule has 1 aliphatic heterocycles. The Morgan fingerprint density at radius 2 is 2.30 bits per heavy atom. The summed E-state index contributed by atoms with van der Waals surface area (Å²) in [4.78, 5) is 14.4. The number of rotatable bonds is 5. The average molecular weight is 275 g/mol. The van der Waals surface area contributed by atoms with Crippen LogP contribution in [0.5, 0.6) is 5.75 Å². The Morgan fingerprint density at radius 3 is 3.00 bits per heavy atom. The predicted molar refractivity (Wildman–Crippen MR) is 77.8 cm³/mol. The lowest BCUT2D eigenvalue weighted by Crippen LogP contribution is -2.40. The van der Waals surface area contributed by atoms with Gasteiger partial charge in [-0.2, -0.15) is 0 Å². The molecule has 0 spiro atoms. The molecule has 0 saturated carbocycles. The van der Waals surface area contributed by atoms with Gasteiger partial charge in [0.15, 0.2) is 0 Å². The van der Waals surface area contributed by atoms with Crippen LogP contribution < -0.4 is 4.74 Å². The van der Waals surface area contributed by atoms with Crippen LogP contribution in [-0.2, 0) is 0 Å². The first-order valence-corrected chi connectivity index (χ1v) is 6.93. The maximum absolute atomic E-state index is 12.7. The first-order valence-electron chi connectivity index (χ1n) is 6.93. The van der Waals surface area contributed by atoms with Crippen LogP contribution in [0, 0.1) is 5.92 Å². The summed E-state index contributed by atoms with van der Waals surface area (Å²) in [5, 5.41) is 9.47. The third kappa shape index (κ3) is 2.85. The first kappa shape index (κ1) is 14.6. The number of amides is 1. The van der Waals surface area contributed by atoms with Crippen LogP contribution in [0.25, 0.3) is 0 Å². The van der Waals surface area contributed by atoms with Crippen molar-refractivity contribution in [3.05, 3.63) is 42.5 Å². The number of carbonyl (C=O) groups excluding carboxylic acids is 1. The van der Waals surface area contributed by atoms with Crippen molar-refractivity contribution in [2.24, 2.45) is 5.92 Å². The second-order valence-electron chi connectivity index (χ2n) is 5.11. The summed E-state index contributed by atoms with van der Waals surface area (Å²) in [6, 6.07) is 7.10. The summed E-state index contributed by atoms with van der Waals surface area (Å²) in [5.74, 6) is 0.812. The Balaban J connectivity index is 2.22. The summed E-state index contributed by atoms with van der Waals surface area (Å²) in [7, 11) is 0. The molecule has 1 aliphatic rings. The molecule has 4 heteroatoms. The van der Waals surface area contributed by atoms with E-state index in [0.29, 0.717) is 30.4 Å². The van der Waals surface area contributed by atoms with E-state index in [1.165, 1.54) is 0 Å². The van der Waals surface area contributed by atoms with Gasteiger partial charge in [-0.25, -0.2) is 0 Å². The molecule has 1 aromatic rings. The average Bonchev–Trinajstić information content (AvgIpc) is 2.85. The molecular weight excluding hydrogens is 254 g/mol. The normalized spacial score (nSPS) is 21.8. The number of aliphatic hydroxyl groups excluding tert-OH is 1. The Bertz CT molecular complexity index is 486. The molecule has 1 amide bonds. The van der Waals surface area contributed by atoms with Gasteiger partial charge in [-0.15, -0.1) is 0 Å². The summed E-state index contributed by atoms with van der Waals surface area (Å²) in [6.45, 7) is 6.72. The molecule has 2 rings (SSSR count). The number of carbonyl (C=O) groups is 1. The van der Waals surface area contributed by atoms with Crippen molar-refractivity contribution >= 4 is 5.91 Å². The lowest BCUT2D eigenvalue weighted by Gasteiger charge is -2.26. The molecule has 0 radical (unpaired) electrons. The number of likely N-dealkylation sites (tertiary alicyclic amines) is 1. The van der Waals surface area contributed by atoms with Crippen LogP contribution >= 0.6 is 0 Å². The molecule has 1 N–H and O–H groups in total. The van der Waals surface area contributed by atoms with Crippen molar-refractivity contribution in [1.29, 1.82) is 0 Å². The molecular formula is C16H21NO3. The zero-order chi connectivity index (χ0) is 14.5. The van der Waals surface area contributed by atoms with Gasteiger partial charge in [-0.3, -0.25) is 4.79 Å². The fraction of sp³-hybridized carbons (Fsp3) is 0.438. The molecule has 1 fully saturated rings. The number of aliphatic hydroxyl groups is 1. The molecule has 4 nitrogen and oxygen atoms in total. The Kier molecular flexibility index (Phi) is 4.79. The van der Waals surface area contributed by atoms with Gasteiger partial charge in [0.2, 0.25) is 0 Å². The number of hydrogen-bond donors (Lipinski definition) is 1. The second kappa shape index (κ2) is 6.57. The highest BCUT2D eigenvalue weighted by Crippen LogP contribution is 2.28. The molecule has 0 bridgehead atoms. The summed E-state index contributed by atoms with van der Waals surface area (Å²) in [5.41, 5.74) is 0.543. The van der Waals surface area contributed by atoms with E-state index < -0.39 is 0 Å². The van der Waals surface area contributed by atoms with E-state index >= 15 is 0 Å². The SMILES string of the molecule is C=CCOc1ccccc1C(=O)N1CCC(C)C1CO. The molecule has 2 unspecified atom stereocenters. The smallest absolute Gasteiger partial charge is 0.257 e. The van der Waals surface area contributed by atoms with E-state index in [0.717, 1.165) is 6.42 Å². The van der Waals surface area contributed by atoms with Crippen LogP contribution in [0.2, 0.25) is 0 Å². The van der Waals surface area contributed by atoms with Gasteiger partial charge < -0.3 is 14.7 Å². The topological polar surface area (TPSA) is 49.8 Å². The molecule has 0 aliphatic carbocycles. The summed E-state index contributed by atoms with van der Waals surface area (Å²) in [6.07, 6.45) is 2.57. The fourth-order valence-electron chi connectivity index (χ4n) is 2.61. The molecule has 2 atom stereocenters. The highest BCUT2D eigenvalue weighted by atomic mass is 16.5. The first-order chi connectivity index (χ1) is 9.69. The van der Waals surface area contributed by atoms with E-state index in [1.54, 1.807) is 23.1 Å². The number of hydrogen-bond acceptors (Lipinski definition) is 3. The van der Waals surface area contributed by atoms with Gasteiger partial charge >= 0.3 is 0 Å². The van der Waals surface area contributed by atoms with E-state index in [2.05, 4.69) is 13.5 Å². The highest BCUT2D eigenvalue weighted by molar-refractivity contribution is 5.97. The van der Waals surface area contributed by atoms with Crippen molar-refractivity contribution in [2.45, 2.75) is 19.4 Å². The minimum absolute atomic E-state index is 0.00257. The predicted octanol–water partition coefficient (Wildman–Crippen LogP) is 2.09. The van der Waals surface area contributed by atoms with Crippen molar-refractivity contribution < 1.29 is 14.6 Å². The van der Waals surface area contributed by atoms with Crippen molar-refractivity contribution in [1.82, 2.24) is 4.90 Å². The van der Waals surface area contributed by atoms with Gasteiger partial charge in [-0.05, 0) is 24.5 Å². The van der Waals surface area contributed by atoms with Gasteiger partial charge in [-0.1, -0.05) is 31.7 Å². The summed E-state index contributed by atoms with van der Waals surface area (Å²) >= 11 is 0. The second-order valence-corrected chi connectivity index (χ2v) is 5.11. The van der Waals surface area contributed by atoms with Crippen molar-refractivity contribution in [3.8, 4) is 5.75 Å². The van der Waals surface area contributed by atoms with Gasteiger partial charge in [0.05, 0.1) is 18.2 Å². The minimum Gasteiger partial charge on any atom is -0.489 e. The van der Waals surface area contributed by atoms with Crippen LogP contribution in [0.4, 0.5) is 0 Å². The van der Waals surface area contributed by atoms with E-state index in [-0.39, 0.29) is 18.6 Å². The zero-order valence-electron chi connectivity index (χ0n) is 11.8. The zero-order valence-corrected chi connectivity index (χ0v) is 11.8. The molecule has 1 aromatic carbocycles. The monoisotopic (exact) mass is 275 g/mol. The van der Waals surface area contributed by atoms with Gasteiger partial charge in [0, 0.05) is 6.54 Å². The van der Waals surface area contributed by atoms with E-state index in [9.17, 15) is 9.90 Å². The number of nitrogens with zero attached hydrogens (tertiary/aromatic N) is 1. The van der Waals surface area contributed by atoms with Crippen LogP contribution in [-0.4, -0.2) is 41.7 Å². The fourth-order valence-corrected chi connectivity index (χ4v) is 2.61. The van der Waals surface area contributed by atoms with Crippen LogP contribution in [0.3, 0.4) is 0 Å². The lowest BCUT2D eigenvalue weighted by molar-refractivity contribution is 0.0644. The Hall–Kier alpha value is -1.81. The van der Waals surface area contributed by atoms with E-state index in [4.69, 9.17) is 4.74 Å². The van der Waals surface area contributed by atoms with Crippen molar-refractivity contribution in [3.63, 3.8) is 0 Å². The van der Waals surface area contributed by atoms with Gasteiger partial charge in [0.1, 0.15) is 12.4 Å². The molecule has 108 valence electrons. The van der Waals surface area contributed by atoms with Crippen molar-refractivity contribution in [2.75, 3.05) is 19.8 Å². The number of ether oxygens (including phenoxy) is 1. The lowest BCUT2D eigenvalue weighted by atomic mass is 10.0. The standard InChI is InChI=1S/C16H21NO3/c1-3-10-20-15-7-5-4-6-13(15)16(19)17-9-8-12(2)14(17)11-18/h3-7,12,14,18H,1,8-11H2,2H3. The minimum atomic E-state index is -0.102. The van der Waals surface area contributed by atoms with Crippen LogP contribution in [0.1, 0.15) is 23.7 Å². The summed E-state index contributed by atoms with van der Waals surface area (Å²) < 4.78 is 5.53. The Labute approximate surface area is 119 Å². The third-order valence-corrected chi connectivity index (χ3v) is 3.80.